The molecule has 0 spiro atoms. The number of nitrogens with zero attached hydrogens (tertiary/aromatic N) is 1. The number of benzene rings is 2. The van der Waals surface area contributed by atoms with E-state index in [9.17, 15) is 0 Å². The molecule has 0 bridgehead atoms. The molecule has 21 heavy (non-hydrogen) atoms. The van der Waals surface area contributed by atoms with Crippen molar-refractivity contribution in [2.24, 2.45) is 0 Å². The van der Waals surface area contributed by atoms with Crippen LogP contribution in [0.15, 0.2) is 48.5 Å². The molecule has 1 aliphatic heterocycles. The minimum Gasteiger partial charge on any atom is -0.497 e. The van der Waals surface area contributed by atoms with Gasteiger partial charge >= 0.3 is 0 Å². The Kier molecular flexibility index (Phi) is 4.23. The fourth-order valence-electron chi connectivity index (χ4n) is 2.99. The number of likely N-dealkylation sites (N-methyl/N-ethyl adjacent to an activating group) is 1. The van der Waals surface area contributed by atoms with Crippen LogP contribution in [0.3, 0.4) is 0 Å². The molecule has 3 heteroatoms. The van der Waals surface area contributed by atoms with Crippen molar-refractivity contribution in [1.82, 2.24) is 10.2 Å². The molecule has 0 saturated heterocycles. The number of fused-ring (bicyclic) bond motifs is 1. The van der Waals surface area contributed by atoms with Gasteiger partial charge in [0, 0.05) is 25.7 Å². The van der Waals surface area contributed by atoms with Gasteiger partial charge < -0.3 is 10.1 Å². The Bertz CT molecular complexity index is 569. The molecule has 1 unspecified atom stereocenters. The second-order valence-corrected chi connectivity index (χ2v) is 5.55. The standard InChI is InChI=1S/C18H22N2O/c1-19-18(14-7-9-17(21-2)10-8-14)13-20-11-15-5-3-4-6-16(15)12-20/h3-10,18-19H,11-13H2,1-2H3. The van der Waals surface area contributed by atoms with Crippen LogP contribution >= 0.6 is 0 Å². The quantitative estimate of drug-likeness (QED) is 0.912. The van der Waals surface area contributed by atoms with E-state index in [1.807, 2.05) is 19.2 Å². The van der Waals surface area contributed by atoms with Gasteiger partial charge in [0.15, 0.2) is 0 Å². The van der Waals surface area contributed by atoms with Crippen LogP contribution in [0, 0.1) is 0 Å². The average Bonchev–Trinajstić information content (AvgIpc) is 2.95. The van der Waals surface area contributed by atoms with Crippen LogP contribution in [0.1, 0.15) is 22.7 Å². The lowest BCUT2D eigenvalue weighted by Crippen LogP contribution is -2.30. The highest BCUT2D eigenvalue weighted by Gasteiger charge is 2.21. The summed E-state index contributed by atoms with van der Waals surface area (Å²) in [6.07, 6.45) is 0. The molecule has 1 atom stereocenters. The SMILES string of the molecule is CNC(CN1Cc2ccccc2C1)c1ccc(OC)cc1. The molecule has 0 radical (unpaired) electrons. The monoisotopic (exact) mass is 282 g/mol. The number of methoxy groups -OCH3 is 1. The Morgan fingerprint density at radius 3 is 2.19 bits per heavy atom. The lowest BCUT2D eigenvalue weighted by atomic mass is 10.1. The Morgan fingerprint density at radius 2 is 1.67 bits per heavy atom. The zero-order valence-corrected chi connectivity index (χ0v) is 12.7. The molecule has 0 aromatic heterocycles. The molecule has 3 rings (SSSR count). The molecule has 1 aliphatic rings. The van der Waals surface area contributed by atoms with Gasteiger partial charge in [-0.2, -0.15) is 0 Å². The van der Waals surface area contributed by atoms with E-state index in [4.69, 9.17) is 4.74 Å². The fraction of sp³-hybridized carbons (Fsp3) is 0.333. The van der Waals surface area contributed by atoms with Crippen molar-refractivity contribution in [3.63, 3.8) is 0 Å². The van der Waals surface area contributed by atoms with Crippen molar-refractivity contribution in [3.8, 4) is 5.75 Å². The third-order valence-corrected chi connectivity index (χ3v) is 4.21. The van der Waals surface area contributed by atoms with Gasteiger partial charge in [-0.25, -0.2) is 0 Å². The number of hydrogen-bond donors (Lipinski definition) is 1. The second-order valence-electron chi connectivity index (χ2n) is 5.55. The molecular weight excluding hydrogens is 260 g/mol. The predicted molar refractivity (Wildman–Crippen MR) is 85.4 cm³/mol. The number of hydrogen-bond acceptors (Lipinski definition) is 3. The molecule has 3 nitrogen and oxygen atoms in total. The molecule has 2 aromatic carbocycles. The van der Waals surface area contributed by atoms with Crippen LogP contribution in [0.4, 0.5) is 0 Å². The molecular formula is C18H22N2O. The van der Waals surface area contributed by atoms with Crippen molar-refractivity contribution < 1.29 is 4.74 Å². The maximum Gasteiger partial charge on any atom is 0.118 e. The van der Waals surface area contributed by atoms with E-state index < -0.39 is 0 Å². The van der Waals surface area contributed by atoms with E-state index in [2.05, 4.69) is 46.6 Å². The maximum atomic E-state index is 5.23. The first-order valence-electron chi connectivity index (χ1n) is 7.40. The lowest BCUT2D eigenvalue weighted by Gasteiger charge is -2.23. The lowest BCUT2D eigenvalue weighted by molar-refractivity contribution is 0.253. The summed E-state index contributed by atoms with van der Waals surface area (Å²) in [5, 5.41) is 3.43. The van der Waals surface area contributed by atoms with Crippen molar-refractivity contribution in [1.29, 1.82) is 0 Å². The molecule has 0 amide bonds. The largest absolute Gasteiger partial charge is 0.497 e. The molecule has 0 fully saturated rings. The Labute approximate surface area is 126 Å². The number of rotatable bonds is 5. The van der Waals surface area contributed by atoms with Crippen molar-refractivity contribution >= 4 is 0 Å². The van der Waals surface area contributed by atoms with E-state index in [0.717, 1.165) is 25.4 Å². The number of nitrogens with one attached hydrogen (secondary N) is 1. The van der Waals surface area contributed by atoms with Crippen LogP contribution in [0.5, 0.6) is 5.75 Å². The van der Waals surface area contributed by atoms with Gasteiger partial charge in [-0.3, -0.25) is 4.90 Å². The van der Waals surface area contributed by atoms with Crippen LogP contribution in [0.2, 0.25) is 0 Å². The van der Waals surface area contributed by atoms with Crippen molar-refractivity contribution in [2.75, 3.05) is 20.7 Å². The van der Waals surface area contributed by atoms with Crippen molar-refractivity contribution in [2.45, 2.75) is 19.1 Å². The molecule has 0 saturated carbocycles. The minimum atomic E-state index is 0.338. The summed E-state index contributed by atoms with van der Waals surface area (Å²) in [5.74, 6) is 0.905. The molecule has 0 aliphatic carbocycles. The van der Waals surface area contributed by atoms with Gasteiger partial charge in [0.2, 0.25) is 0 Å². The first kappa shape index (κ1) is 14.1. The van der Waals surface area contributed by atoms with E-state index in [1.165, 1.54) is 16.7 Å². The smallest absolute Gasteiger partial charge is 0.118 e. The van der Waals surface area contributed by atoms with Gasteiger partial charge in [-0.15, -0.1) is 0 Å². The van der Waals surface area contributed by atoms with E-state index >= 15 is 0 Å². The summed E-state index contributed by atoms with van der Waals surface area (Å²) in [5.41, 5.74) is 4.22. The van der Waals surface area contributed by atoms with Crippen LogP contribution in [-0.4, -0.2) is 25.6 Å². The molecule has 1 N–H and O–H groups in total. The summed E-state index contributed by atoms with van der Waals surface area (Å²) >= 11 is 0. The van der Waals surface area contributed by atoms with Gasteiger partial charge in [0.1, 0.15) is 5.75 Å². The highest BCUT2D eigenvalue weighted by molar-refractivity contribution is 5.31. The Morgan fingerprint density at radius 1 is 1.05 bits per heavy atom. The second kappa shape index (κ2) is 6.29. The van der Waals surface area contributed by atoms with Gasteiger partial charge in [-0.1, -0.05) is 36.4 Å². The molecule has 2 aromatic rings. The molecule has 110 valence electrons. The topological polar surface area (TPSA) is 24.5 Å². The summed E-state index contributed by atoms with van der Waals surface area (Å²) in [6.45, 7) is 3.10. The zero-order valence-electron chi connectivity index (χ0n) is 12.7. The van der Waals surface area contributed by atoms with Gasteiger partial charge in [-0.05, 0) is 35.9 Å². The summed E-state index contributed by atoms with van der Waals surface area (Å²) in [4.78, 5) is 2.50. The zero-order chi connectivity index (χ0) is 14.7. The van der Waals surface area contributed by atoms with Gasteiger partial charge in [0.25, 0.3) is 0 Å². The van der Waals surface area contributed by atoms with Gasteiger partial charge in [0.05, 0.1) is 7.11 Å². The summed E-state index contributed by atoms with van der Waals surface area (Å²) in [7, 11) is 3.73. The van der Waals surface area contributed by atoms with Crippen LogP contribution in [0.25, 0.3) is 0 Å². The van der Waals surface area contributed by atoms with E-state index in [1.54, 1.807) is 7.11 Å². The minimum absolute atomic E-state index is 0.338. The highest BCUT2D eigenvalue weighted by Crippen LogP contribution is 2.25. The third kappa shape index (κ3) is 3.09. The predicted octanol–water partition coefficient (Wildman–Crippen LogP) is 2.97. The normalized spacial score (nSPS) is 15.7. The summed E-state index contributed by atoms with van der Waals surface area (Å²) < 4.78 is 5.23. The van der Waals surface area contributed by atoms with E-state index in [-0.39, 0.29) is 0 Å². The Balaban J connectivity index is 1.68. The number of ether oxygens (including phenoxy) is 1. The van der Waals surface area contributed by atoms with E-state index in [0.29, 0.717) is 6.04 Å². The first-order chi connectivity index (χ1) is 10.3. The summed E-state index contributed by atoms with van der Waals surface area (Å²) in [6, 6.07) is 17.4. The molecule has 1 heterocycles. The fourth-order valence-corrected chi connectivity index (χ4v) is 2.99. The van der Waals surface area contributed by atoms with Crippen LogP contribution in [-0.2, 0) is 13.1 Å². The average molecular weight is 282 g/mol. The first-order valence-corrected chi connectivity index (χ1v) is 7.40. The Hall–Kier alpha value is -1.84. The van der Waals surface area contributed by atoms with Crippen molar-refractivity contribution in [3.05, 3.63) is 65.2 Å². The highest BCUT2D eigenvalue weighted by atomic mass is 16.5. The maximum absolute atomic E-state index is 5.23. The third-order valence-electron chi connectivity index (χ3n) is 4.21. The van der Waals surface area contributed by atoms with Crippen LogP contribution < -0.4 is 10.1 Å².